The highest BCUT2D eigenvalue weighted by molar-refractivity contribution is 5.81. The second-order valence-electron chi connectivity index (χ2n) is 9.04. The number of hydrogen-bond acceptors (Lipinski definition) is 9. The van der Waals surface area contributed by atoms with Crippen molar-refractivity contribution in [2.45, 2.75) is 25.8 Å². The van der Waals surface area contributed by atoms with Crippen molar-refractivity contribution in [3.63, 3.8) is 0 Å². The number of aliphatic hydroxyl groups is 3. The zero-order chi connectivity index (χ0) is 27.9. The van der Waals surface area contributed by atoms with E-state index in [1.807, 2.05) is 4.90 Å². The first-order valence-electron chi connectivity index (χ1n) is 11.9. The molecule has 5 rings (SSSR count). The van der Waals surface area contributed by atoms with Crippen LogP contribution in [-0.4, -0.2) is 73.0 Å². The van der Waals surface area contributed by atoms with Crippen LogP contribution in [0.3, 0.4) is 0 Å². The topological polar surface area (TPSA) is 137 Å². The van der Waals surface area contributed by atoms with E-state index in [1.165, 1.54) is 29.2 Å². The van der Waals surface area contributed by atoms with Crippen molar-refractivity contribution in [3.8, 4) is 17.1 Å². The molecule has 2 aromatic carbocycles. The quantitative estimate of drug-likeness (QED) is 0.311. The molecule has 1 amide bonds. The number of ether oxygens (including phenoxy) is 1. The summed E-state index contributed by atoms with van der Waals surface area (Å²) in [6, 6.07) is 8.12. The molecule has 0 radical (unpaired) electrons. The maximum atomic E-state index is 13.0. The highest BCUT2D eigenvalue weighted by atomic mass is 19.4. The molecule has 1 fully saturated rings. The SMILES string of the molecule is Cc1ncc(-c2ccc(N3CCN(C(=O)Cn4cnc5cc(C(F)(F)F)ccc54)CC3)cc2OC(O)(O)O)o1. The maximum Gasteiger partial charge on any atom is 0.453 e. The standard InChI is InChI=1S/C25H24F3N5O6/c1-15-29-12-22(38-15)18-4-3-17(11-21(18)39-25(35,36)37)31-6-8-32(9-7-31)23(34)13-33-14-30-19-10-16(24(26,27)28)2-5-20(19)33/h2-5,10-12,14,35-37H,6-9,13H2,1H3. The predicted molar refractivity (Wildman–Crippen MR) is 130 cm³/mol. The molecule has 2 aromatic heterocycles. The first-order valence-corrected chi connectivity index (χ1v) is 11.9. The number of alkyl halides is 3. The number of carbonyl (C=O) groups excluding carboxylic acids is 1. The molecule has 1 aliphatic rings. The van der Waals surface area contributed by atoms with E-state index in [1.54, 1.807) is 24.0 Å². The maximum absolute atomic E-state index is 13.0. The highest BCUT2D eigenvalue weighted by Gasteiger charge is 2.31. The Bertz CT molecular complexity index is 1500. The van der Waals surface area contributed by atoms with Gasteiger partial charge < -0.3 is 38.8 Å². The average molecular weight is 547 g/mol. The molecule has 11 nitrogen and oxygen atoms in total. The van der Waals surface area contributed by atoms with Gasteiger partial charge >= 0.3 is 12.3 Å². The molecule has 39 heavy (non-hydrogen) atoms. The van der Waals surface area contributed by atoms with Crippen LogP contribution in [0.15, 0.2) is 53.3 Å². The number of rotatable bonds is 6. The smallest absolute Gasteiger partial charge is 0.441 e. The second-order valence-corrected chi connectivity index (χ2v) is 9.04. The van der Waals surface area contributed by atoms with Crippen molar-refractivity contribution in [3.05, 3.63) is 60.4 Å². The first-order chi connectivity index (χ1) is 18.4. The van der Waals surface area contributed by atoms with E-state index < -0.39 is 17.9 Å². The third-order valence-electron chi connectivity index (χ3n) is 6.35. The number of aromatic nitrogens is 3. The monoisotopic (exact) mass is 547 g/mol. The minimum Gasteiger partial charge on any atom is -0.441 e. The molecular weight excluding hydrogens is 523 g/mol. The molecule has 0 saturated carbocycles. The van der Waals surface area contributed by atoms with Gasteiger partial charge in [0.2, 0.25) is 5.91 Å². The van der Waals surface area contributed by atoms with Crippen molar-refractivity contribution >= 4 is 22.6 Å². The minimum absolute atomic E-state index is 0.0599. The van der Waals surface area contributed by atoms with Gasteiger partial charge in [0.15, 0.2) is 11.7 Å². The number of aryl methyl sites for hydroxylation is 1. The van der Waals surface area contributed by atoms with E-state index in [9.17, 15) is 33.3 Å². The van der Waals surface area contributed by atoms with E-state index in [2.05, 4.69) is 9.97 Å². The molecule has 3 N–H and O–H groups in total. The summed E-state index contributed by atoms with van der Waals surface area (Å²) < 4.78 is 50.9. The number of nitrogens with zero attached hydrogens (tertiary/aromatic N) is 5. The van der Waals surface area contributed by atoms with Crippen LogP contribution in [0.2, 0.25) is 0 Å². The summed E-state index contributed by atoms with van der Waals surface area (Å²) in [6.07, 6.45) is -5.11. The van der Waals surface area contributed by atoms with E-state index >= 15 is 0 Å². The summed E-state index contributed by atoms with van der Waals surface area (Å²) in [7, 11) is 0. The highest BCUT2D eigenvalue weighted by Crippen LogP contribution is 2.36. The van der Waals surface area contributed by atoms with Crippen LogP contribution in [0.5, 0.6) is 5.75 Å². The van der Waals surface area contributed by atoms with Gasteiger partial charge in [-0.25, -0.2) is 9.97 Å². The van der Waals surface area contributed by atoms with Gasteiger partial charge in [0.1, 0.15) is 12.3 Å². The number of fused-ring (bicyclic) bond motifs is 1. The van der Waals surface area contributed by atoms with Gasteiger partial charge in [-0.3, -0.25) is 4.79 Å². The molecule has 0 spiro atoms. The third kappa shape index (κ3) is 5.82. The summed E-state index contributed by atoms with van der Waals surface area (Å²) in [5, 5.41) is 28.2. The lowest BCUT2D eigenvalue weighted by Gasteiger charge is -2.36. The number of amides is 1. The number of imidazole rings is 1. The number of anilines is 1. The van der Waals surface area contributed by atoms with Crippen LogP contribution in [0.1, 0.15) is 11.5 Å². The lowest BCUT2D eigenvalue weighted by atomic mass is 10.1. The van der Waals surface area contributed by atoms with Gasteiger partial charge in [0.05, 0.1) is 34.7 Å². The van der Waals surface area contributed by atoms with Crippen LogP contribution >= 0.6 is 0 Å². The third-order valence-corrected chi connectivity index (χ3v) is 6.35. The Morgan fingerprint density at radius 3 is 2.44 bits per heavy atom. The molecule has 206 valence electrons. The molecule has 1 aliphatic heterocycles. The van der Waals surface area contributed by atoms with Crippen molar-refractivity contribution in [2.75, 3.05) is 31.1 Å². The summed E-state index contributed by atoms with van der Waals surface area (Å²) in [6.45, 7) is 3.19. The van der Waals surface area contributed by atoms with Crippen LogP contribution in [-0.2, 0) is 17.5 Å². The molecule has 14 heteroatoms. The van der Waals surface area contributed by atoms with Gasteiger partial charge in [-0.1, -0.05) is 0 Å². The Morgan fingerprint density at radius 2 is 1.79 bits per heavy atom. The van der Waals surface area contributed by atoms with Crippen molar-refractivity contribution in [2.24, 2.45) is 0 Å². The number of carbonyl (C=O) groups is 1. The Labute approximate surface area is 219 Å². The van der Waals surface area contributed by atoms with Gasteiger partial charge in [0, 0.05) is 44.9 Å². The zero-order valence-electron chi connectivity index (χ0n) is 20.6. The van der Waals surface area contributed by atoms with E-state index in [4.69, 9.17) is 9.15 Å². The predicted octanol–water partition coefficient (Wildman–Crippen LogP) is 2.33. The van der Waals surface area contributed by atoms with Crippen LogP contribution < -0.4 is 9.64 Å². The molecule has 0 unspecified atom stereocenters. The second kappa shape index (κ2) is 9.87. The Hall–Kier alpha value is -4.14. The fourth-order valence-corrected chi connectivity index (χ4v) is 4.46. The lowest BCUT2D eigenvalue weighted by molar-refractivity contribution is -0.419. The number of hydrogen-bond donors (Lipinski definition) is 3. The van der Waals surface area contributed by atoms with Crippen LogP contribution in [0.25, 0.3) is 22.4 Å². The summed E-state index contributed by atoms with van der Waals surface area (Å²) in [5.41, 5.74) is 0.759. The lowest BCUT2D eigenvalue weighted by Crippen LogP contribution is -2.49. The molecule has 3 heterocycles. The molecular formula is C25H24F3N5O6. The number of oxazole rings is 1. The molecule has 0 aliphatic carbocycles. The summed E-state index contributed by atoms with van der Waals surface area (Å²) >= 11 is 0. The van der Waals surface area contributed by atoms with Crippen molar-refractivity contribution in [1.29, 1.82) is 0 Å². The fourth-order valence-electron chi connectivity index (χ4n) is 4.46. The Balaban J connectivity index is 1.26. The molecule has 4 aromatic rings. The first kappa shape index (κ1) is 26.5. The summed E-state index contributed by atoms with van der Waals surface area (Å²) in [4.78, 5) is 24.6. The van der Waals surface area contributed by atoms with Gasteiger partial charge in [0.25, 0.3) is 0 Å². The Kier molecular flexibility index (Phi) is 6.70. The number of halogens is 3. The van der Waals surface area contributed by atoms with Crippen LogP contribution in [0, 0.1) is 6.92 Å². The fraction of sp³-hybridized carbons (Fsp3) is 0.320. The number of benzene rings is 2. The van der Waals surface area contributed by atoms with Crippen molar-refractivity contribution in [1.82, 2.24) is 19.4 Å². The van der Waals surface area contributed by atoms with Crippen molar-refractivity contribution < 1.29 is 42.4 Å². The minimum atomic E-state index is -4.48. The average Bonchev–Trinajstić information content (AvgIpc) is 3.48. The number of piperazine rings is 1. The zero-order valence-corrected chi connectivity index (χ0v) is 20.6. The van der Waals surface area contributed by atoms with E-state index in [0.29, 0.717) is 54.6 Å². The molecule has 0 bridgehead atoms. The van der Waals surface area contributed by atoms with E-state index in [0.717, 1.165) is 12.1 Å². The summed E-state index contributed by atoms with van der Waals surface area (Å²) in [5.74, 6) is 0.420. The largest absolute Gasteiger partial charge is 0.453 e. The molecule has 1 saturated heterocycles. The van der Waals surface area contributed by atoms with Gasteiger partial charge in [-0.15, -0.1) is 0 Å². The van der Waals surface area contributed by atoms with Gasteiger partial charge in [-0.05, 0) is 30.3 Å². The van der Waals surface area contributed by atoms with Crippen LogP contribution in [0.4, 0.5) is 18.9 Å². The Morgan fingerprint density at radius 1 is 1.05 bits per heavy atom. The normalized spacial score (nSPS) is 14.7. The molecule has 0 atom stereocenters. The van der Waals surface area contributed by atoms with E-state index in [-0.39, 0.29) is 23.7 Å². The van der Waals surface area contributed by atoms with Gasteiger partial charge in [-0.2, -0.15) is 13.2 Å².